The Hall–Kier alpha value is -1.10. The molecule has 5 nitrogen and oxygen atoms in total. The van der Waals surface area contributed by atoms with E-state index in [1.165, 1.54) is 0 Å². The summed E-state index contributed by atoms with van der Waals surface area (Å²) in [4.78, 5) is 23.8. The SMILES string of the molecule is CC1(C(=O)NC2CCCNC2=O)CCNCC1. The lowest BCUT2D eigenvalue weighted by molar-refractivity contribution is -0.136. The van der Waals surface area contributed by atoms with Crippen molar-refractivity contribution >= 4 is 11.8 Å². The van der Waals surface area contributed by atoms with Crippen molar-refractivity contribution in [1.82, 2.24) is 16.0 Å². The van der Waals surface area contributed by atoms with Gasteiger partial charge in [0, 0.05) is 12.0 Å². The van der Waals surface area contributed by atoms with E-state index in [0.29, 0.717) is 0 Å². The summed E-state index contributed by atoms with van der Waals surface area (Å²) in [5, 5.41) is 8.93. The Bertz CT molecular complexity index is 311. The number of hydrogen-bond acceptors (Lipinski definition) is 3. The zero-order valence-corrected chi connectivity index (χ0v) is 10.3. The first-order chi connectivity index (χ1) is 8.12. The van der Waals surface area contributed by atoms with Crippen molar-refractivity contribution in [2.75, 3.05) is 19.6 Å². The molecule has 96 valence electrons. The van der Waals surface area contributed by atoms with Gasteiger partial charge in [-0.2, -0.15) is 0 Å². The number of carbonyl (C=O) groups is 2. The highest BCUT2D eigenvalue weighted by molar-refractivity contribution is 5.90. The third-order valence-corrected chi connectivity index (χ3v) is 3.85. The van der Waals surface area contributed by atoms with Crippen molar-refractivity contribution in [2.45, 2.75) is 38.6 Å². The van der Waals surface area contributed by atoms with E-state index in [-0.39, 0.29) is 23.3 Å². The van der Waals surface area contributed by atoms with Crippen molar-refractivity contribution < 1.29 is 9.59 Å². The van der Waals surface area contributed by atoms with Crippen LogP contribution < -0.4 is 16.0 Å². The number of piperidine rings is 2. The van der Waals surface area contributed by atoms with Crippen molar-refractivity contribution in [3.63, 3.8) is 0 Å². The lowest BCUT2D eigenvalue weighted by Gasteiger charge is -2.34. The van der Waals surface area contributed by atoms with Crippen LogP contribution >= 0.6 is 0 Å². The fourth-order valence-corrected chi connectivity index (χ4v) is 2.45. The molecule has 0 aliphatic carbocycles. The van der Waals surface area contributed by atoms with Crippen LogP contribution in [-0.4, -0.2) is 37.5 Å². The summed E-state index contributed by atoms with van der Waals surface area (Å²) >= 11 is 0. The molecule has 1 unspecified atom stereocenters. The largest absolute Gasteiger partial charge is 0.354 e. The Morgan fingerprint density at radius 1 is 1.35 bits per heavy atom. The van der Waals surface area contributed by atoms with Gasteiger partial charge in [0.15, 0.2) is 0 Å². The Balaban J connectivity index is 1.93. The summed E-state index contributed by atoms with van der Waals surface area (Å²) in [6.45, 7) is 4.47. The number of carbonyl (C=O) groups excluding carboxylic acids is 2. The predicted octanol–water partition coefficient (Wildman–Crippen LogP) is -0.229. The van der Waals surface area contributed by atoms with E-state index in [2.05, 4.69) is 16.0 Å². The van der Waals surface area contributed by atoms with E-state index in [1.54, 1.807) is 0 Å². The molecule has 3 N–H and O–H groups in total. The first-order valence-corrected chi connectivity index (χ1v) is 6.41. The minimum atomic E-state index is -0.331. The molecule has 0 aromatic rings. The Kier molecular flexibility index (Phi) is 3.66. The van der Waals surface area contributed by atoms with Crippen LogP contribution in [-0.2, 0) is 9.59 Å². The van der Waals surface area contributed by atoms with Crippen LogP contribution in [0.5, 0.6) is 0 Å². The van der Waals surface area contributed by atoms with Crippen molar-refractivity contribution in [3.8, 4) is 0 Å². The van der Waals surface area contributed by atoms with Gasteiger partial charge in [0.2, 0.25) is 11.8 Å². The average Bonchev–Trinajstić information content (AvgIpc) is 2.33. The van der Waals surface area contributed by atoms with Gasteiger partial charge in [0.1, 0.15) is 6.04 Å². The topological polar surface area (TPSA) is 70.2 Å². The third kappa shape index (κ3) is 2.77. The molecule has 2 aliphatic heterocycles. The molecule has 0 radical (unpaired) electrons. The van der Waals surface area contributed by atoms with Gasteiger partial charge in [-0.05, 0) is 38.8 Å². The Morgan fingerprint density at radius 2 is 2.06 bits per heavy atom. The minimum Gasteiger partial charge on any atom is -0.354 e. The Labute approximate surface area is 102 Å². The molecule has 0 saturated carbocycles. The van der Waals surface area contributed by atoms with Gasteiger partial charge in [-0.25, -0.2) is 0 Å². The first-order valence-electron chi connectivity index (χ1n) is 6.41. The lowest BCUT2D eigenvalue weighted by Crippen LogP contribution is -2.55. The molecular weight excluding hydrogens is 218 g/mol. The smallest absolute Gasteiger partial charge is 0.242 e. The second-order valence-corrected chi connectivity index (χ2v) is 5.27. The second-order valence-electron chi connectivity index (χ2n) is 5.27. The number of amides is 2. The average molecular weight is 239 g/mol. The van der Waals surface area contributed by atoms with Gasteiger partial charge in [-0.3, -0.25) is 9.59 Å². The lowest BCUT2D eigenvalue weighted by atomic mass is 9.80. The molecule has 2 aliphatic rings. The van der Waals surface area contributed by atoms with Gasteiger partial charge in [-0.1, -0.05) is 6.92 Å². The number of hydrogen-bond donors (Lipinski definition) is 3. The zero-order valence-electron chi connectivity index (χ0n) is 10.3. The molecule has 1 atom stereocenters. The maximum Gasteiger partial charge on any atom is 0.242 e. The van der Waals surface area contributed by atoms with Crippen LogP contribution in [0.4, 0.5) is 0 Å². The second kappa shape index (κ2) is 5.04. The molecule has 0 aromatic carbocycles. The van der Waals surface area contributed by atoms with E-state index in [9.17, 15) is 9.59 Å². The van der Waals surface area contributed by atoms with E-state index < -0.39 is 0 Å². The monoisotopic (exact) mass is 239 g/mol. The molecule has 0 spiro atoms. The summed E-state index contributed by atoms with van der Waals surface area (Å²) in [6, 6.07) is -0.331. The zero-order chi connectivity index (χ0) is 12.3. The highest BCUT2D eigenvalue weighted by atomic mass is 16.2. The molecule has 2 saturated heterocycles. The van der Waals surface area contributed by atoms with E-state index in [0.717, 1.165) is 45.3 Å². The highest BCUT2D eigenvalue weighted by Crippen LogP contribution is 2.28. The summed E-state index contributed by atoms with van der Waals surface area (Å²) in [6.07, 6.45) is 3.38. The van der Waals surface area contributed by atoms with Gasteiger partial charge in [-0.15, -0.1) is 0 Å². The normalized spacial score (nSPS) is 28.3. The first kappa shape index (κ1) is 12.4. The standard InChI is InChI=1S/C12H21N3O2/c1-12(4-7-13-8-5-12)11(17)15-9-3-2-6-14-10(9)16/h9,13H,2-8H2,1H3,(H,14,16)(H,15,17). The minimum absolute atomic E-state index is 0.0288. The molecule has 17 heavy (non-hydrogen) atoms. The van der Waals surface area contributed by atoms with Crippen molar-refractivity contribution in [1.29, 1.82) is 0 Å². The highest BCUT2D eigenvalue weighted by Gasteiger charge is 2.36. The van der Waals surface area contributed by atoms with Gasteiger partial charge in [0.05, 0.1) is 0 Å². The summed E-state index contributed by atoms with van der Waals surface area (Å²) in [5.41, 5.74) is -0.316. The quantitative estimate of drug-likeness (QED) is 0.623. The summed E-state index contributed by atoms with van der Waals surface area (Å²) in [7, 11) is 0. The summed E-state index contributed by atoms with van der Waals surface area (Å²) in [5.74, 6) is -0.0109. The van der Waals surface area contributed by atoms with Crippen molar-refractivity contribution in [2.24, 2.45) is 5.41 Å². The number of nitrogens with one attached hydrogen (secondary N) is 3. The molecule has 0 aromatic heterocycles. The van der Waals surface area contributed by atoms with Crippen LogP contribution in [0.15, 0.2) is 0 Å². The molecule has 5 heteroatoms. The number of rotatable bonds is 2. The van der Waals surface area contributed by atoms with E-state index >= 15 is 0 Å². The van der Waals surface area contributed by atoms with Gasteiger partial charge < -0.3 is 16.0 Å². The fraction of sp³-hybridized carbons (Fsp3) is 0.833. The Morgan fingerprint density at radius 3 is 2.71 bits per heavy atom. The molecule has 2 amide bonds. The van der Waals surface area contributed by atoms with E-state index in [1.807, 2.05) is 6.92 Å². The maximum absolute atomic E-state index is 12.2. The van der Waals surface area contributed by atoms with Crippen LogP contribution in [0.25, 0.3) is 0 Å². The molecule has 2 fully saturated rings. The predicted molar refractivity (Wildman–Crippen MR) is 64.4 cm³/mol. The maximum atomic E-state index is 12.2. The fourth-order valence-electron chi connectivity index (χ4n) is 2.45. The molecular formula is C12H21N3O2. The van der Waals surface area contributed by atoms with E-state index in [4.69, 9.17) is 0 Å². The van der Waals surface area contributed by atoms with Crippen LogP contribution in [0, 0.1) is 5.41 Å². The summed E-state index contributed by atoms with van der Waals surface area (Å²) < 4.78 is 0. The van der Waals surface area contributed by atoms with Crippen LogP contribution in [0.3, 0.4) is 0 Å². The van der Waals surface area contributed by atoms with Gasteiger partial charge in [0.25, 0.3) is 0 Å². The molecule has 2 rings (SSSR count). The van der Waals surface area contributed by atoms with Crippen molar-refractivity contribution in [3.05, 3.63) is 0 Å². The van der Waals surface area contributed by atoms with Gasteiger partial charge >= 0.3 is 0 Å². The van der Waals surface area contributed by atoms with Crippen LogP contribution in [0.2, 0.25) is 0 Å². The molecule has 2 heterocycles. The molecule has 0 bridgehead atoms. The van der Waals surface area contributed by atoms with Crippen LogP contribution in [0.1, 0.15) is 32.6 Å². The third-order valence-electron chi connectivity index (χ3n) is 3.85.